The lowest BCUT2D eigenvalue weighted by molar-refractivity contribution is 0.101. The van der Waals surface area contributed by atoms with E-state index in [0.29, 0.717) is 6.61 Å². The molecule has 0 saturated heterocycles. The molecule has 0 bridgehead atoms. The number of Topliss-reactive ketones (excluding diaryl/α,β-unsaturated/α-hetero) is 1. The number of nitrogens with two attached hydrogens (primary N) is 1. The standard InChI is InChI=1S/C22H21F2N3O4S/c1-13(2)11-31-16-9-14(8-15(23)10-16)18-7-6-17(22(24)26-18)19(28)12-32(29,30)21-5-3-4-20(25)27-21/h3-10,13H,11-12H2,1-2H3,(H2,25,27). The molecule has 1 aromatic carbocycles. The zero-order chi connectivity index (χ0) is 23.5. The Morgan fingerprint density at radius 1 is 1.09 bits per heavy atom. The van der Waals surface area contributed by atoms with Crippen LogP contribution in [0.1, 0.15) is 24.2 Å². The zero-order valence-electron chi connectivity index (χ0n) is 17.4. The number of benzene rings is 1. The first-order valence-corrected chi connectivity index (χ1v) is 11.3. The molecule has 0 aliphatic carbocycles. The van der Waals surface area contributed by atoms with E-state index in [-0.39, 0.29) is 33.8 Å². The number of rotatable bonds is 8. The van der Waals surface area contributed by atoms with Gasteiger partial charge in [-0.15, -0.1) is 0 Å². The van der Waals surface area contributed by atoms with Crippen LogP contribution in [0.3, 0.4) is 0 Å². The van der Waals surface area contributed by atoms with E-state index in [1.54, 1.807) is 0 Å². The summed E-state index contributed by atoms with van der Waals surface area (Å²) in [6.45, 7) is 4.25. The van der Waals surface area contributed by atoms with Crippen molar-refractivity contribution in [3.8, 4) is 17.0 Å². The first-order valence-electron chi connectivity index (χ1n) is 9.64. The van der Waals surface area contributed by atoms with Crippen molar-refractivity contribution in [2.45, 2.75) is 18.9 Å². The number of ketones is 1. The third-order valence-corrected chi connectivity index (χ3v) is 5.79. The van der Waals surface area contributed by atoms with E-state index < -0.39 is 38.7 Å². The number of ether oxygens (including phenoxy) is 1. The number of pyridine rings is 2. The molecule has 0 fully saturated rings. The molecule has 3 rings (SSSR count). The second kappa shape index (κ2) is 9.39. The maximum absolute atomic E-state index is 14.6. The topological polar surface area (TPSA) is 112 Å². The number of aromatic nitrogens is 2. The molecule has 3 aromatic rings. The summed E-state index contributed by atoms with van der Waals surface area (Å²) in [7, 11) is -4.14. The van der Waals surface area contributed by atoms with Gasteiger partial charge in [0.1, 0.15) is 23.1 Å². The summed E-state index contributed by atoms with van der Waals surface area (Å²) < 4.78 is 58.9. The van der Waals surface area contributed by atoms with Gasteiger partial charge in [-0.2, -0.15) is 4.39 Å². The molecule has 0 aliphatic rings. The molecular weight excluding hydrogens is 440 g/mol. The Labute approximate surface area is 184 Å². The van der Waals surface area contributed by atoms with Gasteiger partial charge in [-0.25, -0.2) is 22.8 Å². The highest BCUT2D eigenvalue weighted by atomic mass is 32.2. The van der Waals surface area contributed by atoms with Gasteiger partial charge >= 0.3 is 0 Å². The Kier molecular flexibility index (Phi) is 6.83. The Hall–Kier alpha value is -3.40. The van der Waals surface area contributed by atoms with E-state index >= 15 is 0 Å². The molecule has 0 saturated carbocycles. The van der Waals surface area contributed by atoms with E-state index in [4.69, 9.17) is 10.5 Å². The van der Waals surface area contributed by atoms with Crippen LogP contribution in [-0.4, -0.2) is 36.5 Å². The van der Waals surface area contributed by atoms with Gasteiger partial charge < -0.3 is 10.5 Å². The minimum atomic E-state index is -4.14. The first-order chi connectivity index (χ1) is 15.0. The van der Waals surface area contributed by atoms with Crippen molar-refractivity contribution in [1.29, 1.82) is 0 Å². The SMILES string of the molecule is CC(C)COc1cc(F)cc(-c2ccc(C(=O)CS(=O)(=O)c3cccc(N)n3)c(F)n2)c1. The lowest BCUT2D eigenvalue weighted by Crippen LogP contribution is -2.19. The third kappa shape index (κ3) is 5.64. The molecular formula is C22H21F2N3O4S. The molecule has 2 aromatic heterocycles. The molecule has 0 aliphatic heterocycles. The fourth-order valence-electron chi connectivity index (χ4n) is 2.79. The summed E-state index contributed by atoms with van der Waals surface area (Å²) in [5.41, 5.74) is 5.29. The molecule has 7 nitrogen and oxygen atoms in total. The molecule has 0 radical (unpaired) electrons. The maximum atomic E-state index is 14.6. The van der Waals surface area contributed by atoms with Crippen molar-refractivity contribution in [2.75, 3.05) is 18.1 Å². The van der Waals surface area contributed by atoms with Crippen molar-refractivity contribution in [2.24, 2.45) is 5.92 Å². The number of carbonyl (C=O) groups excluding carboxylic acids is 1. The molecule has 0 unspecified atom stereocenters. The van der Waals surface area contributed by atoms with Crippen LogP contribution in [0.2, 0.25) is 0 Å². The molecule has 168 valence electrons. The quantitative estimate of drug-likeness (QED) is 0.402. The summed E-state index contributed by atoms with van der Waals surface area (Å²) >= 11 is 0. The fraction of sp³-hybridized carbons (Fsp3) is 0.227. The summed E-state index contributed by atoms with van der Waals surface area (Å²) in [4.78, 5) is 19.9. The van der Waals surface area contributed by atoms with Crippen LogP contribution in [0.4, 0.5) is 14.6 Å². The Balaban J connectivity index is 1.84. The highest BCUT2D eigenvalue weighted by Gasteiger charge is 2.24. The van der Waals surface area contributed by atoms with Gasteiger partial charge in [0, 0.05) is 11.6 Å². The largest absolute Gasteiger partial charge is 0.493 e. The minimum absolute atomic E-state index is 0.0254. The van der Waals surface area contributed by atoms with Gasteiger partial charge in [-0.3, -0.25) is 4.79 Å². The van der Waals surface area contributed by atoms with Gasteiger partial charge in [0.2, 0.25) is 15.8 Å². The number of carbonyl (C=O) groups is 1. The van der Waals surface area contributed by atoms with Crippen LogP contribution in [0.15, 0.2) is 53.6 Å². The van der Waals surface area contributed by atoms with Crippen LogP contribution in [0.25, 0.3) is 11.3 Å². The molecule has 0 amide bonds. The average molecular weight is 461 g/mol. The summed E-state index contributed by atoms with van der Waals surface area (Å²) in [5.74, 6) is -3.30. The lowest BCUT2D eigenvalue weighted by Gasteiger charge is -2.11. The smallest absolute Gasteiger partial charge is 0.224 e. The van der Waals surface area contributed by atoms with Crippen LogP contribution >= 0.6 is 0 Å². The average Bonchev–Trinajstić information content (AvgIpc) is 2.71. The van der Waals surface area contributed by atoms with Gasteiger partial charge in [-0.1, -0.05) is 19.9 Å². The Morgan fingerprint density at radius 2 is 1.84 bits per heavy atom. The van der Waals surface area contributed by atoms with Crippen molar-refractivity contribution >= 4 is 21.4 Å². The highest BCUT2D eigenvalue weighted by Crippen LogP contribution is 2.26. The van der Waals surface area contributed by atoms with Gasteiger partial charge in [-0.05, 0) is 42.3 Å². The van der Waals surface area contributed by atoms with Gasteiger partial charge in [0.25, 0.3) is 0 Å². The predicted octanol–water partition coefficient (Wildman–Crippen LogP) is 3.70. The van der Waals surface area contributed by atoms with E-state index in [1.165, 1.54) is 36.4 Å². The number of nitrogen functional groups attached to an aromatic ring is 1. The lowest BCUT2D eigenvalue weighted by atomic mass is 10.1. The maximum Gasteiger partial charge on any atom is 0.224 e. The van der Waals surface area contributed by atoms with Crippen LogP contribution in [0, 0.1) is 17.7 Å². The minimum Gasteiger partial charge on any atom is -0.493 e. The van der Waals surface area contributed by atoms with E-state index in [2.05, 4.69) is 9.97 Å². The second-order valence-corrected chi connectivity index (χ2v) is 9.43. The zero-order valence-corrected chi connectivity index (χ0v) is 18.2. The molecule has 0 atom stereocenters. The summed E-state index contributed by atoms with van der Waals surface area (Å²) in [6.07, 6.45) is 0. The molecule has 0 spiro atoms. The first kappa shape index (κ1) is 23.3. The highest BCUT2D eigenvalue weighted by molar-refractivity contribution is 7.92. The normalized spacial score (nSPS) is 11.5. The Bertz CT molecular complexity index is 1260. The van der Waals surface area contributed by atoms with Gasteiger partial charge in [0.05, 0.1) is 17.9 Å². The number of sulfone groups is 1. The molecule has 32 heavy (non-hydrogen) atoms. The van der Waals surface area contributed by atoms with E-state index in [9.17, 15) is 22.0 Å². The van der Waals surface area contributed by atoms with Crippen LogP contribution < -0.4 is 10.5 Å². The Morgan fingerprint density at radius 3 is 2.50 bits per heavy atom. The molecule has 10 heteroatoms. The number of nitrogens with zero attached hydrogens (tertiary/aromatic N) is 2. The summed E-state index contributed by atoms with van der Waals surface area (Å²) in [5, 5.41) is -0.385. The van der Waals surface area contributed by atoms with Crippen LogP contribution in [-0.2, 0) is 9.84 Å². The number of hydrogen-bond acceptors (Lipinski definition) is 7. The fourth-order valence-corrected chi connectivity index (χ4v) is 3.97. The number of halogens is 2. The number of hydrogen-bond donors (Lipinski definition) is 1. The monoisotopic (exact) mass is 461 g/mol. The number of anilines is 1. The summed E-state index contributed by atoms with van der Waals surface area (Å²) in [6, 6.07) is 10.3. The third-order valence-electron chi connectivity index (χ3n) is 4.28. The predicted molar refractivity (Wildman–Crippen MR) is 115 cm³/mol. The van der Waals surface area contributed by atoms with E-state index in [1.807, 2.05) is 13.8 Å². The van der Waals surface area contributed by atoms with E-state index in [0.717, 1.165) is 12.1 Å². The molecule has 2 N–H and O–H groups in total. The van der Waals surface area contributed by atoms with Crippen molar-refractivity contribution in [3.63, 3.8) is 0 Å². The van der Waals surface area contributed by atoms with Crippen LogP contribution in [0.5, 0.6) is 5.75 Å². The van der Waals surface area contributed by atoms with Crippen molar-refractivity contribution in [1.82, 2.24) is 9.97 Å². The van der Waals surface area contributed by atoms with Gasteiger partial charge in [0.15, 0.2) is 10.8 Å². The van der Waals surface area contributed by atoms with Crippen molar-refractivity contribution in [3.05, 3.63) is 65.9 Å². The second-order valence-electron chi connectivity index (χ2n) is 7.50. The molecule has 2 heterocycles. The van der Waals surface area contributed by atoms with Crippen molar-refractivity contribution < 1.29 is 26.7 Å².